The van der Waals surface area contributed by atoms with Gasteiger partial charge in [-0.1, -0.05) is 0 Å². The van der Waals surface area contributed by atoms with Gasteiger partial charge in [0.05, 0.1) is 11.7 Å². The maximum Gasteiger partial charge on any atom is 0.274 e. The summed E-state index contributed by atoms with van der Waals surface area (Å²) in [6.07, 6.45) is 4.65. The second kappa shape index (κ2) is 8.94. The fraction of sp³-hybridized carbons (Fsp3) is 0.409. The van der Waals surface area contributed by atoms with Gasteiger partial charge in [0.15, 0.2) is 0 Å². The number of amides is 2. The van der Waals surface area contributed by atoms with Crippen molar-refractivity contribution >= 4 is 17.5 Å². The first-order chi connectivity index (χ1) is 13.8. The SMILES string of the molecule is CC(C)Oc1ccc(C(=O)Nc2cc(C(=O)N3CCCCC3)cn(C)c2=O)cc1. The molecule has 0 bridgehead atoms. The van der Waals surface area contributed by atoms with Crippen LogP contribution in [-0.4, -0.2) is 40.5 Å². The molecule has 7 nitrogen and oxygen atoms in total. The lowest BCUT2D eigenvalue weighted by molar-refractivity contribution is 0.0723. The van der Waals surface area contributed by atoms with Gasteiger partial charge >= 0.3 is 0 Å². The van der Waals surface area contributed by atoms with Gasteiger partial charge in [-0.05, 0) is 63.4 Å². The van der Waals surface area contributed by atoms with Crippen LogP contribution < -0.4 is 15.6 Å². The number of aryl methyl sites for hydroxylation is 1. The van der Waals surface area contributed by atoms with Gasteiger partial charge in [0.1, 0.15) is 11.4 Å². The molecule has 29 heavy (non-hydrogen) atoms. The Kier molecular flexibility index (Phi) is 6.36. The molecule has 1 aliphatic rings. The number of anilines is 1. The summed E-state index contributed by atoms with van der Waals surface area (Å²) in [7, 11) is 1.57. The molecule has 0 atom stereocenters. The number of piperidine rings is 1. The lowest BCUT2D eigenvalue weighted by Gasteiger charge is -2.27. The molecule has 7 heteroatoms. The third kappa shape index (κ3) is 5.04. The smallest absolute Gasteiger partial charge is 0.274 e. The van der Waals surface area contributed by atoms with Crippen LogP contribution in [0.15, 0.2) is 41.3 Å². The number of nitrogens with one attached hydrogen (secondary N) is 1. The van der Waals surface area contributed by atoms with Crippen LogP contribution in [0.4, 0.5) is 5.69 Å². The van der Waals surface area contributed by atoms with Crippen LogP contribution in [0.5, 0.6) is 5.75 Å². The molecule has 1 N–H and O–H groups in total. The third-order valence-electron chi connectivity index (χ3n) is 4.81. The van der Waals surface area contributed by atoms with Crippen molar-refractivity contribution in [3.05, 3.63) is 58.0 Å². The van der Waals surface area contributed by atoms with Crippen LogP contribution in [0.25, 0.3) is 0 Å². The average Bonchev–Trinajstić information content (AvgIpc) is 2.71. The normalized spacial score (nSPS) is 14.0. The minimum absolute atomic E-state index is 0.0397. The molecule has 154 valence electrons. The van der Waals surface area contributed by atoms with Crippen LogP contribution >= 0.6 is 0 Å². The Morgan fingerprint density at radius 1 is 1.03 bits per heavy atom. The molecule has 1 saturated heterocycles. The molecule has 0 unspecified atom stereocenters. The maximum atomic E-state index is 12.8. The van der Waals surface area contributed by atoms with E-state index in [1.165, 1.54) is 16.8 Å². The number of nitrogens with zero attached hydrogens (tertiary/aromatic N) is 2. The molecule has 0 saturated carbocycles. The molecule has 1 aromatic heterocycles. The molecule has 3 rings (SSSR count). The summed E-state index contributed by atoms with van der Waals surface area (Å²) in [6.45, 7) is 5.28. The van der Waals surface area contributed by atoms with Crippen LogP contribution in [-0.2, 0) is 7.05 Å². The van der Waals surface area contributed by atoms with E-state index < -0.39 is 5.91 Å². The average molecular weight is 397 g/mol. The lowest BCUT2D eigenvalue weighted by Crippen LogP contribution is -2.36. The summed E-state index contributed by atoms with van der Waals surface area (Å²) in [5.74, 6) is 0.133. The van der Waals surface area contributed by atoms with E-state index in [2.05, 4.69) is 5.32 Å². The van der Waals surface area contributed by atoms with E-state index in [4.69, 9.17) is 4.74 Å². The van der Waals surface area contributed by atoms with E-state index >= 15 is 0 Å². The number of rotatable bonds is 5. The van der Waals surface area contributed by atoms with Crippen molar-refractivity contribution in [3.8, 4) is 5.75 Å². The highest BCUT2D eigenvalue weighted by atomic mass is 16.5. The zero-order valence-electron chi connectivity index (χ0n) is 17.1. The number of benzene rings is 1. The topological polar surface area (TPSA) is 80.6 Å². The van der Waals surface area contributed by atoms with Crippen LogP contribution in [0.2, 0.25) is 0 Å². The third-order valence-corrected chi connectivity index (χ3v) is 4.81. The standard InChI is InChI=1S/C22H27N3O4/c1-15(2)29-18-9-7-16(8-10-18)20(26)23-19-13-17(14-24(3)22(19)28)21(27)25-11-5-4-6-12-25/h7-10,13-15H,4-6,11-12H2,1-3H3,(H,23,26). The van der Waals surface area contributed by atoms with Crippen LogP contribution in [0.3, 0.4) is 0 Å². The minimum Gasteiger partial charge on any atom is -0.491 e. The summed E-state index contributed by atoms with van der Waals surface area (Å²) >= 11 is 0. The Morgan fingerprint density at radius 2 is 1.69 bits per heavy atom. The Labute approximate surface area is 170 Å². The van der Waals surface area contributed by atoms with Gasteiger partial charge in [0, 0.05) is 31.9 Å². The van der Waals surface area contributed by atoms with Gasteiger partial charge < -0.3 is 19.5 Å². The van der Waals surface area contributed by atoms with E-state index in [1.807, 2.05) is 13.8 Å². The Hall–Kier alpha value is -3.09. The Balaban J connectivity index is 1.79. The number of likely N-dealkylation sites (tertiary alicyclic amines) is 1. The number of aromatic nitrogens is 1. The van der Waals surface area contributed by atoms with Crippen LogP contribution in [0.1, 0.15) is 53.8 Å². The molecule has 1 aliphatic heterocycles. The van der Waals surface area contributed by atoms with Crippen molar-refractivity contribution in [1.82, 2.24) is 9.47 Å². The first-order valence-electron chi connectivity index (χ1n) is 9.93. The van der Waals surface area contributed by atoms with Crippen molar-refractivity contribution in [2.75, 3.05) is 18.4 Å². The monoisotopic (exact) mass is 397 g/mol. The predicted octanol–water partition coefficient (Wildman–Crippen LogP) is 3.05. The number of carbonyl (C=O) groups excluding carboxylic acids is 2. The second-order valence-electron chi connectivity index (χ2n) is 7.56. The van der Waals surface area contributed by atoms with Gasteiger partial charge in [-0.15, -0.1) is 0 Å². The zero-order valence-corrected chi connectivity index (χ0v) is 17.1. The molecule has 0 aliphatic carbocycles. The van der Waals surface area contributed by atoms with Gasteiger partial charge in [-0.25, -0.2) is 0 Å². The van der Waals surface area contributed by atoms with Gasteiger partial charge in [0.2, 0.25) is 0 Å². The molecule has 2 aromatic rings. The van der Waals surface area contributed by atoms with E-state index in [1.54, 1.807) is 36.2 Å². The number of hydrogen-bond acceptors (Lipinski definition) is 4. The van der Waals surface area contributed by atoms with Crippen molar-refractivity contribution in [2.24, 2.45) is 7.05 Å². The molecule has 2 amide bonds. The van der Waals surface area contributed by atoms with Crippen molar-refractivity contribution in [1.29, 1.82) is 0 Å². The fourth-order valence-corrected chi connectivity index (χ4v) is 3.35. The largest absolute Gasteiger partial charge is 0.491 e. The predicted molar refractivity (Wildman–Crippen MR) is 112 cm³/mol. The summed E-state index contributed by atoms with van der Waals surface area (Å²) in [6, 6.07) is 8.17. The lowest BCUT2D eigenvalue weighted by atomic mass is 10.1. The first-order valence-corrected chi connectivity index (χ1v) is 9.93. The fourth-order valence-electron chi connectivity index (χ4n) is 3.35. The quantitative estimate of drug-likeness (QED) is 0.841. The van der Waals surface area contributed by atoms with Crippen molar-refractivity contribution in [3.63, 3.8) is 0 Å². The molecular formula is C22H27N3O4. The van der Waals surface area contributed by atoms with Gasteiger partial charge in [0.25, 0.3) is 17.4 Å². The Bertz CT molecular complexity index is 942. The molecule has 1 aromatic carbocycles. The summed E-state index contributed by atoms with van der Waals surface area (Å²) in [5.41, 5.74) is 0.511. The number of pyridine rings is 1. The van der Waals surface area contributed by atoms with Crippen molar-refractivity contribution < 1.29 is 14.3 Å². The highest BCUT2D eigenvalue weighted by molar-refractivity contribution is 6.05. The summed E-state index contributed by atoms with van der Waals surface area (Å²) in [4.78, 5) is 39.6. The minimum atomic E-state index is -0.416. The maximum absolute atomic E-state index is 12.8. The van der Waals surface area contributed by atoms with E-state index in [0.29, 0.717) is 30.0 Å². The second-order valence-corrected chi connectivity index (χ2v) is 7.56. The van der Waals surface area contributed by atoms with Gasteiger partial charge in [-0.3, -0.25) is 14.4 Å². The summed E-state index contributed by atoms with van der Waals surface area (Å²) < 4.78 is 6.90. The first kappa shape index (κ1) is 20.6. The Morgan fingerprint density at radius 3 is 2.31 bits per heavy atom. The van der Waals surface area contributed by atoms with E-state index in [0.717, 1.165) is 19.3 Å². The number of ether oxygens (including phenoxy) is 1. The molecule has 0 radical (unpaired) electrons. The van der Waals surface area contributed by atoms with E-state index in [-0.39, 0.29) is 23.3 Å². The van der Waals surface area contributed by atoms with Gasteiger partial charge in [-0.2, -0.15) is 0 Å². The molecule has 1 fully saturated rings. The number of hydrogen-bond donors (Lipinski definition) is 1. The van der Waals surface area contributed by atoms with E-state index in [9.17, 15) is 14.4 Å². The van der Waals surface area contributed by atoms with Crippen LogP contribution in [0, 0.1) is 0 Å². The molecule has 0 spiro atoms. The summed E-state index contributed by atoms with van der Waals surface area (Å²) in [5, 5.41) is 2.64. The number of carbonyl (C=O) groups is 2. The van der Waals surface area contributed by atoms with Crippen molar-refractivity contribution in [2.45, 2.75) is 39.2 Å². The zero-order chi connectivity index (χ0) is 21.0. The highest BCUT2D eigenvalue weighted by Gasteiger charge is 2.20. The highest BCUT2D eigenvalue weighted by Crippen LogP contribution is 2.17. The molecule has 2 heterocycles. The molecular weight excluding hydrogens is 370 g/mol.